The molecule has 0 atom stereocenters. The van der Waals surface area contributed by atoms with Gasteiger partial charge in [-0.05, 0) is 31.2 Å². The third kappa shape index (κ3) is 3.35. The number of benzene rings is 1. The molecule has 2 rings (SSSR count). The van der Waals surface area contributed by atoms with E-state index in [9.17, 15) is 9.59 Å². The number of carbonyl (C=O) groups is 2. The molecule has 96 valence electrons. The Balaban J connectivity index is 2.10. The van der Waals surface area contributed by atoms with E-state index in [1.165, 1.54) is 19.3 Å². The van der Waals surface area contributed by atoms with Crippen LogP contribution in [0.3, 0.4) is 0 Å². The zero-order valence-corrected chi connectivity index (χ0v) is 10.8. The Morgan fingerprint density at radius 1 is 1.11 bits per heavy atom. The van der Waals surface area contributed by atoms with Crippen molar-refractivity contribution in [2.24, 2.45) is 0 Å². The number of nitrogens with one attached hydrogen (secondary N) is 1. The smallest absolute Gasteiger partial charge is 0.275 e. The fourth-order valence-corrected chi connectivity index (χ4v) is 1.51. The Bertz CT molecular complexity index is 609. The minimum Gasteiger partial charge on any atom is -0.321 e. The van der Waals surface area contributed by atoms with Gasteiger partial charge in [-0.1, -0.05) is 11.6 Å². The zero-order chi connectivity index (χ0) is 13.8. The molecule has 0 unspecified atom stereocenters. The molecule has 0 saturated carbocycles. The van der Waals surface area contributed by atoms with Gasteiger partial charge in [0, 0.05) is 11.3 Å². The molecule has 0 fully saturated rings. The van der Waals surface area contributed by atoms with Gasteiger partial charge in [-0.3, -0.25) is 9.59 Å². The van der Waals surface area contributed by atoms with E-state index in [0.717, 1.165) is 0 Å². The SMILES string of the molecule is CC(=O)c1ccc(NC(=O)c2cnc(Cl)cn2)cc1. The number of hydrogen-bond acceptors (Lipinski definition) is 4. The van der Waals surface area contributed by atoms with Crippen LogP contribution in [0.25, 0.3) is 0 Å². The van der Waals surface area contributed by atoms with Gasteiger partial charge in [0.05, 0.1) is 12.4 Å². The number of carbonyl (C=O) groups excluding carboxylic acids is 2. The maximum absolute atomic E-state index is 11.8. The molecule has 19 heavy (non-hydrogen) atoms. The van der Waals surface area contributed by atoms with E-state index < -0.39 is 0 Å². The van der Waals surface area contributed by atoms with Crippen LogP contribution in [0, 0.1) is 0 Å². The Morgan fingerprint density at radius 3 is 2.32 bits per heavy atom. The number of amides is 1. The Labute approximate surface area is 114 Å². The van der Waals surface area contributed by atoms with E-state index in [-0.39, 0.29) is 22.5 Å². The van der Waals surface area contributed by atoms with E-state index in [0.29, 0.717) is 11.3 Å². The summed E-state index contributed by atoms with van der Waals surface area (Å²) in [4.78, 5) is 30.6. The maximum Gasteiger partial charge on any atom is 0.275 e. The van der Waals surface area contributed by atoms with E-state index in [1.807, 2.05) is 0 Å². The number of halogens is 1. The highest BCUT2D eigenvalue weighted by Crippen LogP contribution is 2.11. The van der Waals surface area contributed by atoms with Gasteiger partial charge in [0.1, 0.15) is 10.8 Å². The molecular weight excluding hydrogens is 266 g/mol. The summed E-state index contributed by atoms with van der Waals surface area (Å²) in [6.07, 6.45) is 2.59. The lowest BCUT2D eigenvalue weighted by molar-refractivity contribution is 0.101. The van der Waals surface area contributed by atoms with E-state index >= 15 is 0 Å². The van der Waals surface area contributed by atoms with Crippen molar-refractivity contribution in [3.05, 3.63) is 53.1 Å². The first-order valence-electron chi connectivity index (χ1n) is 5.46. The van der Waals surface area contributed by atoms with Crippen molar-refractivity contribution < 1.29 is 9.59 Å². The molecule has 5 nitrogen and oxygen atoms in total. The highest BCUT2D eigenvalue weighted by atomic mass is 35.5. The van der Waals surface area contributed by atoms with Gasteiger partial charge >= 0.3 is 0 Å². The highest BCUT2D eigenvalue weighted by molar-refractivity contribution is 6.29. The third-order valence-electron chi connectivity index (χ3n) is 2.40. The summed E-state index contributed by atoms with van der Waals surface area (Å²) in [6, 6.07) is 6.59. The maximum atomic E-state index is 11.8. The normalized spacial score (nSPS) is 10.0. The number of anilines is 1. The zero-order valence-electron chi connectivity index (χ0n) is 10.1. The molecule has 0 radical (unpaired) electrons. The van der Waals surface area contributed by atoms with E-state index in [4.69, 9.17) is 11.6 Å². The highest BCUT2D eigenvalue weighted by Gasteiger charge is 2.08. The lowest BCUT2D eigenvalue weighted by atomic mass is 10.1. The topological polar surface area (TPSA) is 72.0 Å². The van der Waals surface area contributed by atoms with Crippen LogP contribution in [0.4, 0.5) is 5.69 Å². The van der Waals surface area contributed by atoms with Crippen LogP contribution in [0.5, 0.6) is 0 Å². The van der Waals surface area contributed by atoms with Crippen LogP contribution in [0.2, 0.25) is 5.15 Å². The first-order valence-corrected chi connectivity index (χ1v) is 5.84. The van der Waals surface area contributed by atoms with Crippen LogP contribution in [0.15, 0.2) is 36.7 Å². The number of rotatable bonds is 3. The molecular formula is C13H10ClN3O2. The lowest BCUT2D eigenvalue weighted by Gasteiger charge is -2.04. The molecule has 2 aromatic rings. The monoisotopic (exact) mass is 275 g/mol. The average molecular weight is 276 g/mol. The summed E-state index contributed by atoms with van der Waals surface area (Å²) in [5, 5.41) is 2.87. The summed E-state index contributed by atoms with van der Waals surface area (Å²) >= 11 is 5.59. The molecule has 1 aromatic carbocycles. The summed E-state index contributed by atoms with van der Waals surface area (Å²) in [6.45, 7) is 1.48. The number of aromatic nitrogens is 2. The van der Waals surface area contributed by atoms with Gasteiger partial charge in [-0.15, -0.1) is 0 Å². The van der Waals surface area contributed by atoms with Gasteiger partial charge < -0.3 is 5.32 Å². The molecule has 0 aliphatic carbocycles. The average Bonchev–Trinajstić information content (AvgIpc) is 2.40. The van der Waals surface area contributed by atoms with Gasteiger partial charge in [0.15, 0.2) is 5.78 Å². The fraction of sp³-hybridized carbons (Fsp3) is 0.0769. The molecule has 1 heterocycles. The van der Waals surface area contributed by atoms with Gasteiger partial charge in [0.2, 0.25) is 0 Å². The minimum absolute atomic E-state index is 0.0264. The summed E-state index contributed by atoms with van der Waals surface area (Å²) in [7, 11) is 0. The summed E-state index contributed by atoms with van der Waals surface area (Å²) in [5.41, 5.74) is 1.33. The van der Waals surface area contributed by atoms with Crippen LogP contribution in [0.1, 0.15) is 27.8 Å². The molecule has 0 bridgehead atoms. The molecule has 1 amide bonds. The molecule has 0 aliphatic rings. The molecule has 0 saturated heterocycles. The molecule has 1 N–H and O–H groups in total. The van der Waals surface area contributed by atoms with Crippen molar-refractivity contribution >= 4 is 29.0 Å². The second-order valence-electron chi connectivity index (χ2n) is 3.81. The molecule has 0 spiro atoms. The van der Waals surface area contributed by atoms with Crippen molar-refractivity contribution in [3.63, 3.8) is 0 Å². The number of ketones is 1. The molecule has 1 aromatic heterocycles. The van der Waals surface area contributed by atoms with E-state index in [2.05, 4.69) is 15.3 Å². The number of Topliss-reactive ketones (excluding diaryl/α,β-unsaturated/α-hetero) is 1. The van der Waals surface area contributed by atoms with Crippen molar-refractivity contribution in [1.82, 2.24) is 9.97 Å². The van der Waals surface area contributed by atoms with E-state index in [1.54, 1.807) is 24.3 Å². The van der Waals surface area contributed by atoms with Crippen LogP contribution in [-0.4, -0.2) is 21.7 Å². The standard InChI is InChI=1S/C13H10ClN3O2/c1-8(18)9-2-4-10(5-3-9)17-13(19)11-6-16-12(14)7-15-11/h2-7H,1H3,(H,17,19). The largest absolute Gasteiger partial charge is 0.321 e. The first kappa shape index (κ1) is 13.2. The second-order valence-corrected chi connectivity index (χ2v) is 4.20. The predicted octanol–water partition coefficient (Wildman–Crippen LogP) is 2.58. The van der Waals surface area contributed by atoms with Crippen LogP contribution in [-0.2, 0) is 0 Å². The van der Waals surface area contributed by atoms with Crippen molar-refractivity contribution in [1.29, 1.82) is 0 Å². The Morgan fingerprint density at radius 2 is 1.79 bits per heavy atom. The predicted molar refractivity (Wildman–Crippen MR) is 71.4 cm³/mol. The van der Waals surface area contributed by atoms with Gasteiger partial charge in [-0.25, -0.2) is 9.97 Å². The van der Waals surface area contributed by atoms with Gasteiger partial charge in [0.25, 0.3) is 5.91 Å². The van der Waals surface area contributed by atoms with Gasteiger partial charge in [-0.2, -0.15) is 0 Å². The van der Waals surface area contributed by atoms with Crippen LogP contribution >= 0.6 is 11.6 Å². The van der Waals surface area contributed by atoms with Crippen molar-refractivity contribution in [2.45, 2.75) is 6.92 Å². The number of hydrogen-bond donors (Lipinski definition) is 1. The number of nitrogens with zero attached hydrogens (tertiary/aromatic N) is 2. The lowest BCUT2D eigenvalue weighted by Crippen LogP contribution is -2.13. The third-order valence-corrected chi connectivity index (χ3v) is 2.60. The fourth-order valence-electron chi connectivity index (χ4n) is 1.41. The quantitative estimate of drug-likeness (QED) is 0.874. The second kappa shape index (κ2) is 5.58. The Kier molecular flexibility index (Phi) is 3.87. The molecule has 0 aliphatic heterocycles. The first-order chi connectivity index (χ1) is 9.06. The summed E-state index contributed by atoms with van der Waals surface area (Å²) < 4.78 is 0. The van der Waals surface area contributed by atoms with Crippen molar-refractivity contribution in [3.8, 4) is 0 Å². The van der Waals surface area contributed by atoms with Crippen molar-refractivity contribution in [2.75, 3.05) is 5.32 Å². The minimum atomic E-state index is -0.389. The Hall–Kier alpha value is -2.27. The molecule has 6 heteroatoms. The summed E-state index contributed by atoms with van der Waals surface area (Å²) in [5.74, 6) is -0.416. The van der Waals surface area contributed by atoms with Crippen LogP contribution < -0.4 is 5.32 Å².